The van der Waals surface area contributed by atoms with E-state index in [4.69, 9.17) is 37.4 Å². The number of amides is 1. The molecular weight excluding hydrogens is 503 g/mol. The highest BCUT2D eigenvalue weighted by Crippen LogP contribution is 2.29. The number of nitrogens with zero attached hydrogens (tertiary/aromatic N) is 1. The van der Waals surface area contributed by atoms with Gasteiger partial charge in [-0.1, -0.05) is 53.5 Å². The van der Waals surface area contributed by atoms with E-state index in [1.54, 1.807) is 43.5 Å². The molecule has 4 aromatic rings. The van der Waals surface area contributed by atoms with E-state index < -0.39 is 11.9 Å². The monoisotopic (exact) mass is 522 g/mol. The molecule has 1 N–H and O–H groups in total. The second-order valence-electron chi connectivity index (χ2n) is 7.47. The first kappa shape index (κ1) is 25.0. The van der Waals surface area contributed by atoms with Crippen molar-refractivity contribution in [2.75, 3.05) is 13.7 Å². The van der Waals surface area contributed by atoms with Crippen LogP contribution < -0.4 is 19.6 Å². The van der Waals surface area contributed by atoms with Gasteiger partial charge in [0.15, 0.2) is 6.61 Å². The highest BCUT2D eigenvalue weighted by atomic mass is 35.5. The molecule has 0 fully saturated rings. The van der Waals surface area contributed by atoms with Gasteiger partial charge in [0.1, 0.15) is 17.2 Å². The van der Waals surface area contributed by atoms with E-state index in [1.807, 2.05) is 30.3 Å². The van der Waals surface area contributed by atoms with Gasteiger partial charge in [-0.2, -0.15) is 5.10 Å². The van der Waals surface area contributed by atoms with Gasteiger partial charge in [0.25, 0.3) is 5.91 Å². The summed E-state index contributed by atoms with van der Waals surface area (Å²) in [6.45, 7) is -0.240. The fraction of sp³-hybridized carbons (Fsp3) is 0.0741. The molecule has 0 aliphatic heterocycles. The molecule has 4 rings (SSSR count). The Morgan fingerprint density at radius 3 is 2.44 bits per heavy atom. The normalized spacial score (nSPS) is 10.9. The summed E-state index contributed by atoms with van der Waals surface area (Å²) >= 11 is 12.1. The maximum atomic E-state index is 12.8. The van der Waals surface area contributed by atoms with Crippen molar-refractivity contribution in [2.24, 2.45) is 5.10 Å². The average Bonchev–Trinajstić information content (AvgIpc) is 2.88. The fourth-order valence-corrected chi connectivity index (χ4v) is 3.82. The number of rotatable bonds is 8. The summed E-state index contributed by atoms with van der Waals surface area (Å²) in [6, 6.07) is 22.3. The van der Waals surface area contributed by atoms with Crippen molar-refractivity contribution in [1.82, 2.24) is 5.43 Å². The van der Waals surface area contributed by atoms with Gasteiger partial charge < -0.3 is 14.2 Å². The smallest absolute Gasteiger partial charge is 0.345 e. The molecule has 0 atom stereocenters. The van der Waals surface area contributed by atoms with E-state index in [2.05, 4.69) is 10.5 Å². The third kappa shape index (κ3) is 6.13. The van der Waals surface area contributed by atoms with E-state index >= 15 is 0 Å². The molecule has 9 heteroatoms. The third-order valence-electron chi connectivity index (χ3n) is 5.10. The summed E-state index contributed by atoms with van der Waals surface area (Å²) in [6.07, 6.45) is 1.42. The van der Waals surface area contributed by atoms with Crippen LogP contribution in [-0.2, 0) is 4.79 Å². The van der Waals surface area contributed by atoms with Crippen molar-refractivity contribution in [3.05, 3.63) is 100 Å². The number of hydrogen-bond donors (Lipinski definition) is 1. The first-order valence-electron chi connectivity index (χ1n) is 10.7. The topological polar surface area (TPSA) is 86.2 Å². The first-order valence-corrected chi connectivity index (χ1v) is 11.5. The van der Waals surface area contributed by atoms with Gasteiger partial charge in [0.2, 0.25) is 0 Å². The van der Waals surface area contributed by atoms with Crippen molar-refractivity contribution < 1.29 is 23.8 Å². The molecule has 36 heavy (non-hydrogen) atoms. The molecule has 182 valence electrons. The number of ether oxygens (including phenoxy) is 3. The van der Waals surface area contributed by atoms with Crippen LogP contribution >= 0.6 is 23.2 Å². The van der Waals surface area contributed by atoms with Gasteiger partial charge in [0, 0.05) is 10.6 Å². The molecule has 7 nitrogen and oxygen atoms in total. The van der Waals surface area contributed by atoms with Gasteiger partial charge in [-0.15, -0.1) is 0 Å². The van der Waals surface area contributed by atoms with Crippen molar-refractivity contribution in [1.29, 1.82) is 0 Å². The quantitative estimate of drug-likeness (QED) is 0.135. The number of benzene rings is 4. The van der Waals surface area contributed by atoms with E-state index in [0.717, 1.165) is 10.8 Å². The largest absolute Gasteiger partial charge is 0.497 e. The Kier molecular flexibility index (Phi) is 8.05. The lowest BCUT2D eigenvalue weighted by molar-refractivity contribution is -0.123. The molecule has 0 aliphatic carbocycles. The molecule has 0 heterocycles. The molecule has 0 aromatic heterocycles. The number of nitrogens with one attached hydrogen (secondary N) is 1. The van der Waals surface area contributed by atoms with Gasteiger partial charge >= 0.3 is 5.97 Å². The number of esters is 1. The Hall–Kier alpha value is -4.07. The van der Waals surface area contributed by atoms with Gasteiger partial charge in [-0.05, 0) is 59.3 Å². The van der Waals surface area contributed by atoms with E-state index in [1.165, 1.54) is 18.3 Å². The van der Waals surface area contributed by atoms with Gasteiger partial charge in [0.05, 0.1) is 23.9 Å². The van der Waals surface area contributed by atoms with Crippen molar-refractivity contribution in [3.8, 4) is 17.2 Å². The Morgan fingerprint density at radius 2 is 1.69 bits per heavy atom. The van der Waals surface area contributed by atoms with Crippen LogP contribution in [-0.4, -0.2) is 31.8 Å². The number of hydrazone groups is 1. The van der Waals surface area contributed by atoms with Crippen LogP contribution in [0.3, 0.4) is 0 Å². The molecule has 0 saturated heterocycles. The summed E-state index contributed by atoms with van der Waals surface area (Å²) in [7, 11) is 1.57. The fourth-order valence-electron chi connectivity index (χ4n) is 3.33. The number of methoxy groups -OCH3 is 1. The molecular formula is C27H20Cl2N2O5. The Morgan fingerprint density at radius 1 is 0.944 bits per heavy atom. The van der Waals surface area contributed by atoms with E-state index in [-0.39, 0.29) is 22.9 Å². The molecule has 0 aliphatic rings. The van der Waals surface area contributed by atoms with Crippen molar-refractivity contribution in [2.45, 2.75) is 0 Å². The standard InChI is InChI=1S/C27H20Cl2N2O5/c1-34-19-8-10-20(11-9-19)35-16-26(32)31-30-15-23-21-5-3-2-4-17(21)6-13-25(23)36-27(33)22-12-7-18(28)14-24(22)29/h2-15H,16H2,1H3,(H,31,32)/b30-15-. The number of hydrogen-bond acceptors (Lipinski definition) is 6. The van der Waals surface area contributed by atoms with Gasteiger partial charge in [-0.25, -0.2) is 10.2 Å². The van der Waals surface area contributed by atoms with E-state index in [0.29, 0.717) is 22.1 Å². The minimum atomic E-state index is -0.654. The Bertz CT molecular complexity index is 1440. The van der Waals surface area contributed by atoms with Crippen LogP contribution in [0.25, 0.3) is 10.8 Å². The summed E-state index contributed by atoms with van der Waals surface area (Å²) in [5.41, 5.74) is 3.09. The lowest BCUT2D eigenvalue weighted by Crippen LogP contribution is -2.24. The lowest BCUT2D eigenvalue weighted by Gasteiger charge is -2.11. The Labute approximate surface area is 217 Å². The maximum Gasteiger partial charge on any atom is 0.345 e. The molecule has 1 amide bonds. The molecule has 0 bridgehead atoms. The first-order chi connectivity index (χ1) is 17.4. The molecule has 0 saturated carbocycles. The predicted molar refractivity (Wildman–Crippen MR) is 140 cm³/mol. The maximum absolute atomic E-state index is 12.8. The zero-order chi connectivity index (χ0) is 25.5. The van der Waals surface area contributed by atoms with Crippen molar-refractivity contribution in [3.63, 3.8) is 0 Å². The van der Waals surface area contributed by atoms with Crippen LogP contribution in [0.5, 0.6) is 17.2 Å². The molecule has 4 aromatic carbocycles. The number of halogens is 2. The summed E-state index contributed by atoms with van der Waals surface area (Å²) in [5, 5.41) is 6.30. The predicted octanol–water partition coefficient (Wildman–Crippen LogP) is 5.90. The second-order valence-corrected chi connectivity index (χ2v) is 8.31. The Balaban J connectivity index is 1.50. The van der Waals surface area contributed by atoms with Crippen LogP contribution in [0.1, 0.15) is 15.9 Å². The van der Waals surface area contributed by atoms with E-state index in [9.17, 15) is 9.59 Å². The second kappa shape index (κ2) is 11.6. The van der Waals surface area contributed by atoms with Crippen LogP contribution in [0.4, 0.5) is 0 Å². The summed E-state index contributed by atoms with van der Waals surface area (Å²) in [5.74, 6) is 0.324. The van der Waals surface area contributed by atoms with Crippen LogP contribution in [0.2, 0.25) is 10.0 Å². The average molecular weight is 523 g/mol. The third-order valence-corrected chi connectivity index (χ3v) is 5.64. The van der Waals surface area contributed by atoms with Gasteiger partial charge in [-0.3, -0.25) is 4.79 Å². The molecule has 0 spiro atoms. The highest BCUT2D eigenvalue weighted by molar-refractivity contribution is 6.36. The minimum Gasteiger partial charge on any atom is -0.497 e. The van der Waals surface area contributed by atoms with Crippen LogP contribution in [0, 0.1) is 0 Å². The highest BCUT2D eigenvalue weighted by Gasteiger charge is 2.16. The molecule has 0 unspecified atom stereocenters. The summed E-state index contributed by atoms with van der Waals surface area (Å²) in [4.78, 5) is 25.0. The van der Waals surface area contributed by atoms with Crippen molar-refractivity contribution >= 4 is 52.1 Å². The number of carbonyl (C=O) groups is 2. The lowest BCUT2D eigenvalue weighted by atomic mass is 10.0. The zero-order valence-electron chi connectivity index (χ0n) is 19.0. The van der Waals surface area contributed by atoms with Crippen LogP contribution in [0.15, 0.2) is 84.0 Å². The zero-order valence-corrected chi connectivity index (χ0v) is 20.5. The molecule has 0 radical (unpaired) electrons. The summed E-state index contributed by atoms with van der Waals surface area (Å²) < 4.78 is 16.2. The number of fused-ring (bicyclic) bond motifs is 1. The number of carbonyl (C=O) groups excluding carboxylic acids is 2. The minimum absolute atomic E-state index is 0.168. The SMILES string of the molecule is COc1ccc(OCC(=O)N/N=C\c2c(OC(=O)c3ccc(Cl)cc3Cl)ccc3ccccc23)cc1.